The molecule has 1 aromatic carbocycles. The molecule has 0 aliphatic heterocycles. The molecule has 3 rings (SSSR count). The lowest BCUT2D eigenvalue weighted by Gasteiger charge is -2.31. The number of rotatable bonds is 4. The lowest BCUT2D eigenvalue weighted by atomic mass is 9.78. The van der Waals surface area contributed by atoms with Gasteiger partial charge in [-0.3, -0.25) is 0 Å². The van der Waals surface area contributed by atoms with Crippen molar-refractivity contribution < 1.29 is 4.39 Å². The Balaban J connectivity index is 2.01. The summed E-state index contributed by atoms with van der Waals surface area (Å²) in [4.78, 5) is 3.21. The van der Waals surface area contributed by atoms with E-state index in [1.165, 1.54) is 38.2 Å². The van der Waals surface area contributed by atoms with E-state index < -0.39 is 0 Å². The predicted molar refractivity (Wildman–Crippen MR) is 87.4 cm³/mol. The lowest BCUT2D eigenvalue weighted by Crippen LogP contribution is -2.25. The number of nitrogens with one attached hydrogen (secondary N) is 1. The van der Waals surface area contributed by atoms with Gasteiger partial charge in [-0.1, -0.05) is 26.7 Å². The summed E-state index contributed by atoms with van der Waals surface area (Å²) in [5.74, 6) is 0.480. The molecule has 0 radical (unpaired) electrons. The molecule has 1 N–H and O–H groups in total. The molecule has 4 heteroatoms. The van der Waals surface area contributed by atoms with Crippen LogP contribution in [0, 0.1) is 21.9 Å². The number of hydrogen-bond donors (Lipinski definition) is 1. The third-order valence-electron chi connectivity index (χ3n) is 4.74. The van der Waals surface area contributed by atoms with Crippen LogP contribution in [-0.2, 0) is 6.54 Å². The molecule has 1 aliphatic carbocycles. The van der Waals surface area contributed by atoms with Gasteiger partial charge in [-0.15, -0.1) is 0 Å². The highest BCUT2D eigenvalue weighted by molar-refractivity contribution is 7.71. The van der Waals surface area contributed by atoms with Crippen LogP contribution < -0.4 is 0 Å². The number of aromatic amines is 1. The fourth-order valence-electron chi connectivity index (χ4n) is 4.04. The average Bonchev–Trinajstić information content (AvgIpc) is 2.96. The molecule has 114 valence electrons. The van der Waals surface area contributed by atoms with Gasteiger partial charge in [0.25, 0.3) is 0 Å². The molecule has 0 amide bonds. The summed E-state index contributed by atoms with van der Waals surface area (Å²) in [6, 6.07) is 4.86. The zero-order valence-electron chi connectivity index (χ0n) is 12.8. The molecule has 1 saturated carbocycles. The van der Waals surface area contributed by atoms with Crippen LogP contribution >= 0.6 is 12.2 Å². The fraction of sp³-hybridized carbons (Fsp3) is 0.588. The van der Waals surface area contributed by atoms with E-state index in [1.54, 1.807) is 12.1 Å². The first-order valence-corrected chi connectivity index (χ1v) is 8.28. The van der Waals surface area contributed by atoms with Crippen LogP contribution in [-0.4, -0.2) is 9.55 Å². The van der Waals surface area contributed by atoms with Gasteiger partial charge in [-0.2, -0.15) is 0 Å². The van der Waals surface area contributed by atoms with E-state index in [1.807, 2.05) is 0 Å². The van der Waals surface area contributed by atoms with E-state index in [4.69, 9.17) is 12.2 Å². The quantitative estimate of drug-likeness (QED) is 0.745. The van der Waals surface area contributed by atoms with Crippen molar-refractivity contribution >= 4 is 23.3 Å². The number of hydrogen-bond acceptors (Lipinski definition) is 1. The van der Waals surface area contributed by atoms with E-state index >= 15 is 0 Å². The maximum atomic E-state index is 13.6. The molecule has 0 unspecified atom stereocenters. The van der Waals surface area contributed by atoms with Crippen LogP contribution in [0.2, 0.25) is 0 Å². The lowest BCUT2D eigenvalue weighted by molar-refractivity contribution is 0.198. The molecule has 1 heterocycles. The third-order valence-corrected chi connectivity index (χ3v) is 5.06. The molecular weight excluding hydrogens is 283 g/mol. The number of halogens is 1. The Morgan fingerprint density at radius 1 is 1.33 bits per heavy atom. The molecule has 0 atom stereocenters. The van der Waals surface area contributed by atoms with E-state index in [9.17, 15) is 4.39 Å². The summed E-state index contributed by atoms with van der Waals surface area (Å²) in [7, 11) is 0. The second-order valence-electron chi connectivity index (χ2n) is 6.98. The van der Waals surface area contributed by atoms with Gasteiger partial charge in [-0.25, -0.2) is 4.39 Å². The largest absolute Gasteiger partial charge is 0.331 e. The molecule has 2 aromatic rings. The molecule has 1 aromatic heterocycles. The van der Waals surface area contributed by atoms with Gasteiger partial charge in [0.15, 0.2) is 4.77 Å². The summed E-state index contributed by atoms with van der Waals surface area (Å²) in [6.07, 6.45) is 6.34. The summed E-state index contributed by atoms with van der Waals surface area (Å²) in [5, 5.41) is 0. The predicted octanol–water partition coefficient (Wildman–Crippen LogP) is 5.44. The van der Waals surface area contributed by atoms with Gasteiger partial charge in [-0.05, 0) is 61.0 Å². The highest BCUT2D eigenvalue weighted by atomic mass is 32.1. The topological polar surface area (TPSA) is 20.7 Å². The van der Waals surface area contributed by atoms with E-state index in [0.29, 0.717) is 16.1 Å². The molecule has 0 saturated heterocycles. The Labute approximate surface area is 130 Å². The number of benzene rings is 1. The number of nitrogens with zero attached hydrogens (tertiary/aromatic N) is 1. The van der Waals surface area contributed by atoms with Crippen molar-refractivity contribution in [2.45, 2.75) is 52.5 Å². The minimum Gasteiger partial charge on any atom is -0.331 e. The molecule has 1 aliphatic rings. The van der Waals surface area contributed by atoms with Gasteiger partial charge in [0.2, 0.25) is 0 Å². The van der Waals surface area contributed by atoms with Crippen LogP contribution in [0.3, 0.4) is 0 Å². The maximum Gasteiger partial charge on any atom is 0.178 e. The van der Waals surface area contributed by atoms with Crippen LogP contribution in [0.15, 0.2) is 18.2 Å². The summed E-state index contributed by atoms with van der Waals surface area (Å²) < 4.78 is 16.4. The van der Waals surface area contributed by atoms with Crippen molar-refractivity contribution in [2.24, 2.45) is 11.3 Å². The van der Waals surface area contributed by atoms with Crippen LogP contribution in [0.4, 0.5) is 4.39 Å². The highest BCUT2D eigenvalue weighted by Crippen LogP contribution is 2.45. The smallest absolute Gasteiger partial charge is 0.178 e. The number of H-pyrrole nitrogens is 1. The number of fused-ring (bicyclic) bond motifs is 1. The second kappa shape index (κ2) is 5.56. The van der Waals surface area contributed by atoms with E-state index in [2.05, 4.69) is 23.4 Å². The monoisotopic (exact) mass is 306 g/mol. The number of imidazole rings is 1. The standard InChI is InChI=1S/C17H23FN2S/c1-12(2)10-17(7-3-4-8-17)11-20-15-9-13(18)5-6-14(15)19-16(20)21/h5-6,9,12H,3-4,7-8,10-11H2,1-2H3,(H,19,21). The normalized spacial score (nSPS) is 17.9. The Hall–Kier alpha value is -1.16. The van der Waals surface area contributed by atoms with E-state index in [0.717, 1.165) is 17.6 Å². The molecule has 2 nitrogen and oxygen atoms in total. The maximum absolute atomic E-state index is 13.6. The highest BCUT2D eigenvalue weighted by Gasteiger charge is 2.35. The Kier molecular flexibility index (Phi) is 3.91. The van der Waals surface area contributed by atoms with Crippen LogP contribution in [0.1, 0.15) is 46.0 Å². The minimum atomic E-state index is -0.199. The molecular formula is C17H23FN2S. The molecule has 21 heavy (non-hydrogen) atoms. The summed E-state index contributed by atoms with van der Waals surface area (Å²) >= 11 is 5.48. The SMILES string of the molecule is CC(C)CC1(Cn2c(=S)[nH]c3ccc(F)cc32)CCCC1. The van der Waals surface area contributed by atoms with Gasteiger partial charge >= 0.3 is 0 Å². The first-order valence-electron chi connectivity index (χ1n) is 7.87. The Morgan fingerprint density at radius 3 is 2.71 bits per heavy atom. The van der Waals surface area contributed by atoms with Crippen LogP contribution in [0.5, 0.6) is 0 Å². The van der Waals surface area contributed by atoms with Crippen molar-refractivity contribution in [1.29, 1.82) is 0 Å². The van der Waals surface area contributed by atoms with Crippen LogP contribution in [0.25, 0.3) is 11.0 Å². The van der Waals surface area contributed by atoms with Crippen molar-refractivity contribution in [3.8, 4) is 0 Å². The zero-order valence-corrected chi connectivity index (χ0v) is 13.6. The van der Waals surface area contributed by atoms with Crippen molar-refractivity contribution in [2.75, 3.05) is 0 Å². The average molecular weight is 306 g/mol. The third kappa shape index (κ3) is 2.91. The van der Waals surface area contributed by atoms with E-state index in [-0.39, 0.29) is 5.82 Å². The minimum absolute atomic E-state index is 0.199. The molecule has 0 spiro atoms. The second-order valence-corrected chi connectivity index (χ2v) is 7.37. The van der Waals surface area contributed by atoms with Crippen molar-refractivity contribution in [3.63, 3.8) is 0 Å². The Morgan fingerprint density at radius 2 is 2.05 bits per heavy atom. The first kappa shape index (κ1) is 14.8. The van der Waals surface area contributed by atoms with Gasteiger partial charge < -0.3 is 9.55 Å². The van der Waals surface area contributed by atoms with Gasteiger partial charge in [0.05, 0.1) is 11.0 Å². The fourth-order valence-corrected chi connectivity index (χ4v) is 4.31. The number of aromatic nitrogens is 2. The van der Waals surface area contributed by atoms with Crippen molar-refractivity contribution in [1.82, 2.24) is 9.55 Å². The molecule has 1 fully saturated rings. The zero-order chi connectivity index (χ0) is 15.0. The van der Waals surface area contributed by atoms with Crippen molar-refractivity contribution in [3.05, 3.63) is 28.8 Å². The first-order chi connectivity index (χ1) is 9.99. The molecule has 0 bridgehead atoms. The summed E-state index contributed by atoms with van der Waals surface area (Å²) in [6.45, 7) is 5.48. The van der Waals surface area contributed by atoms with Gasteiger partial charge in [0.1, 0.15) is 5.82 Å². The Bertz CT molecular complexity index is 692. The van der Waals surface area contributed by atoms with Gasteiger partial charge in [0, 0.05) is 6.54 Å². The summed E-state index contributed by atoms with van der Waals surface area (Å²) in [5.41, 5.74) is 2.16.